The number of carbonyl (C=O) groups excluding carboxylic acids is 2. The quantitative estimate of drug-likeness (QED) is 0.818. The first kappa shape index (κ1) is 18.5. The van der Waals surface area contributed by atoms with Crippen molar-refractivity contribution in [3.05, 3.63) is 0 Å². The van der Waals surface area contributed by atoms with Crippen molar-refractivity contribution < 1.29 is 9.59 Å². The van der Waals surface area contributed by atoms with Crippen LogP contribution in [0.4, 0.5) is 4.79 Å². The number of hydrogen-bond donors (Lipinski definition) is 2. The number of likely N-dealkylation sites (tertiary alicyclic amines) is 2. The Kier molecular flexibility index (Phi) is 5.56. The molecule has 0 unspecified atom stereocenters. The van der Waals surface area contributed by atoms with E-state index in [1.54, 1.807) is 0 Å². The molecule has 0 spiro atoms. The number of piperidine rings is 2. The lowest BCUT2D eigenvalue weighted by atomic mass is 9.93. The molecule has 0 aromatic carbocycles. The molecule has 0 bridgehead atoms. The van der Waals surface area contributed by atoms with Crippen molar-refractivity contribution in [2.24, 2.45) is 5.92 Å². The molecule has 25 heavy (non-hydrogen) atoms. The van der Waals surface area contributed by atoms with Gasteiger partial charge in [0.2, 0.25) is 5.91 Å². The molecular formula is C19H34N4O2. The predicted molar refractivity (Wildman–Crippen MR) is 98.3 cm³/mol. The van der Waals surface area contributed by atoms with E-state index in [0.717, 1.165) is 64.7 Å². The standard InChI is InChI=1S/C19H34N4O2/c1-19(2,3)21-18(25)22-11-8-16(9-12-22)23-10-4-5-14(13-23)17(24)20-15-6-7-15/h14-16H,4-13H2,1-3H3,(H,20,24)(H,21,25)/t14-/m0/s1. The summed E-state index contributed by atoms with van der Waals surface area (Å²) < 4.78 is 0. The summed E-state index contributed by atoms with van der Waals surface area (Å²) in [7, 11) is 0. The Labute approximate surface area is 151 Å². The van der Waals surface area contributed by atoms with Gasteiger partial charge >= 0.3 is 6.03 Å². The number of hydrogen-bond acceptors (Lipinski definition) is 3. The molecule has 3 aliphatic rings. The largest absolute Gasteiger partial charge is 0.353 e. The average molecular weight is 351 g/mol. The molecule has 0 aromatic heterocycles. The van der Waals surface area contributed by atoms with Crippen LogP contribution in [0, 0.1) is 5.92 Å². The number of rotatable bonds is 3. The van der Waals surface area contributed by atoms with Gasteiger partial charge in [0, 0.05) is 37.3 Å². The van der Waals surface area contributed by atoms with Crippen LogP contribution in [0.1, 0.15) is 59.3 Å². The summed E-state index contributed by atoms with van der Waals surface area (Å²) in [5.41, 5.74) is -0.192. The van der Waals surface area contributed by atoms with Gasteiger partial charge in [-0.05, 0) is 65.8 Å². The fraction of sp³-hybridized carbons (Fsp3) is 0.895. The molecule has 1 aliphatic carbocycles. The molecule has 3 amide bonds. The van der Waals surface area contributed by atoms with Gasteiger partial charge in [-0.1, -0.05) is 0 Å². The highest BCUT2D eigenvalue weighted by atomic mass is 16.2. The minimum absolute atomic E-state index is 0.0475. The third-order valence-corrected chi connectivity index (χ3v) is 5.50. The third-order valence-electron chi connectivity index (χ3n) is 5.50. The molecule has 3 rings (SSSR count). The SMILES string of the molecule is CC(C)(C)NC(=O)N1CCC(N2CCC[C@H](C(=O)NC3CC3)C2)CC1. The van der Waals surface area contributed by atoms with Gasteiger partial charge in [-0.15, -0.1) is 0 Å². The Bertz CT molecular complexity index is 490. The molecule has 2 N–H and O–H groups in total. The smallest absolute Gasteiger partial charge is 0.317 e. The van der Waals surface area contributed by atoms with Crippen LogP contribution in [0.5, 0.6) is 0 Å². The van der Waals surface area contributed by atoms with E-state index in [4.69, 9.17) is 0 Å². The lowest BCUT2D eigenvalue weighted by Gasteiger charge is -2.42. The van der Waals surface area contributed by atoms with E-state index in [0.29, 0.717) is 12.1 Å². The monoisotopic (exact) mass is 350 g/mol. The van der Waals surface area contributed by atoms with Crippen LogP contribution in [-0.4, -0.2) is 65.5 Å². The first-order valence-electron chi connectivity index (χ1n) is 9.93. The average Bonchev–Trinajstić information content (AvgIpc) is 3.37. The van der Waals surface area contributed by atoms with E-state index < -0.39 is 0 Å². The molecule has 6 heteroatoms. The van der Waals surface area contributed by atoms with Crippen molar-refractivity contribution in [3.8, 4) is 0 Å². The van der Waals surface area contributed by atoms with Gasteiger partial charge < -0.3 is 15.5 Å². The molecule has 3 fully saturated rings. The topological polar surface area (TPSA) is 64.7 Å². The van der Waals surface area contributed by atoms with Crippen molar-refractivity contribution in [2.75, 3.05) is 26.2 Å². The number of urea groups is 1. The predicted octanol–water partition coefficient (Wildman–Crippen LogP) is 1.95. The molecule has 6 nitrogen and oxygen atoms in total. The van der Waals surface area contributed by atoms with Crippen LogP contribution in [0.3, 0.4) is 0 Å². The Morgan fingerprint density at radius 2 is 1.64 bits per heavy atom. The first-order chi connectivity index (χ1) is 11.8. The maximum Gasteiger partial charge on any atom is 0.317 e. The number of nitrogens with one attached hydrogen (secondary N) is 2. The van der Waals surface area contributed by atoms with Gasteiger partial charge in [0.25, 0.3) is 0 Å². The zero-order valence-electron chi connectivity index (χ0n) is 16.0. The third kappa shape index (κ3) is 5.33. The van der Waals surface area contributed by atoms with Gasteiger partial charge in [-0.2, -0.15) is 0 Å². The molecule has 2 saturated heterocycles. The maximum atomic E-state index is 12.4. The van der Waals surface area contributed by atoms with Crippen molar-refractivity contribution in [1.82, 2.24) is 20.4 Å². The molecular weight excluding hydrogens is 316 g/mol. The summed E-state index contributed by atoms with van der Waals surface area (Å²) in [6, 6.07) is 1.01. The summed E-state index contributed by atoms with van der Waals surface area (Å²) in [6.45, 7) is 9.63. The molecule has 142 valence electrons. The Morgan fingerprint density at radius 1 is 0.960 bits per heavy atom. The molecule has 1 atom stereocenters. The summed E-state index contributed by atoms with van der Waals surface area (Å²) in [6.07, 6.45) is 6.44. The van der Waals surface area contributed by atoms with Crippen LogP contribution in [0.25, 0.3) is 0 Å². The Morgan fingerprint density at radius 3 is 2.24 bits per heavy atom. The summed E-state index contributed by atoms with van der Waals surface area (Å²) in [4.78, 5) is 29.1. The zero-order valence-corrected chi connectivity index (χ0v) is 16.0. The fourth-order valence-electron chi connectivity index (χ4n) is 3.93. The minimum Gasteiger partial charge on any atom is -0.353 e. The van der Waals surface area contributed by atoms with Crippen molar-refractivity contribution in [3.63, 3.8) is 0 Å². The first-order valence-corrected chi connectivity index (χ1v) is 9.93. The second kappa shape index (κ2) is 7.52. The lowest BCUT2D eigenvalue weighted by Crippen LogP contribution is -2.54. The zero-order chi connectivity index (χ0) is 18.0. The van der Waals surface area contributed by atoms with Crippen LogP contribution in [-0.2, 0) is 4.79 Å². The minimum atomic E-state index is -0.192. The summed E-state index contributed by atoms with van der Waals surface area (Å²) in [5.74, 6) is 0.408. The molecule has 1 saturated carbocycles. The number of amides is 3. The normalized spacial score (nSPS) is 26.4. The fourth-order valence-corrected chi connectivity index (χ4v) is 3.93. The highest BCUT2D eigenvalue weighted by Gasteiger charge is 2.34. The Hall–Kier alpha value is -1.30. The van der Waals surface area contributed by atoms with Crippen LogP contribution in [0.2, 0.25) is 0 Å². The van der Waals surface area contributed by atoms with E-state index in [9.17, 15) is 9.59 Å². The molecule has 2 aliphatic heterocycles. The second-order valence-electron chi connectivity index (χ2n) is 9.02. The van der Waals surface area contributed by atoms with Gasteiger partial charge in [-0.25, -0.2) is 4.79 Å². The summed E-state index contributed by atoms with van der Waals surface area (Å²) >= 11 is 0. The van der Waals surface area contributed by atoms with E-state index >= 15 is 0 Å². The highest BCUT2D eigenvalue weighted by Crippen LogP contribution is 2.26. The van der Waals surface area contributed by atoms with Crippen molar-refractivity contribution in [1.29, 1.82) is 0 Å². The molecule has 0 radical (unpaired) electrons. The van der Waals surface area contributed by atoms with E-state index in [-0.39, 0.29) is 23.4 Å². The lowest BCUT2D eigenvalue weighted by molar-refractivity contribution is -0.127. The molecule has 2 heterocycles. The van der Waals surface area contributed by atoms with E-state index in [2.05, 4.69) is 15.5 Å². The van der Waals surface area contributed by atoms with Gasteiger partial charge in [0.15, 0.2) is 0 Å². The molecule has 0 aromatic rings. The van der Waals surface area contributed by atoms with Crippen LogP contribution in [0.15, 0.2) is 0 Å². The van der Waals surface area contributed by atoms with Gasteiger partial charge in [0.1, 0.15) is 0 Å². The maximum absolute atomic E-state index is 12.4. The van der Waals surface area contributed by atoms with E-state index in [1.165, 1.54) is 0 Å². The number of carbonyl (C=O) groups is 2. The highest BCUT2D eigenvalue weighted by molar-refractivity contribution is 5.79. The van der Waals surface area contributed by atoms with E-state index in [1.807, 2.05) is 25.7 Å². The summed E-state index contributed by atoms with van der Waals surface area (Å²) in [5, 5.41) is 6.21. The second-order valence-corrected chi connectivity index (χ2v) is 9.02. The Balaban J connectivity index is 1.45. The number of nitrogens with zero attached hydrogens (tertiary/aromatic N) is 2. The van der Waals surface area contributed by atoms with Gasteiger partial charge in [0.05, 0.1) is 5.92 Å². The van der Waals surface area contributed by atoms with Crippen LogP contribution < -0.4 is 10.6 Å². The van der Waals surface area contributed by atoms with Crippen molar-refractivity contribution >= 4 is 11.9 Å². The van der Waals surface area contributed by atoms with Crippen molar-refractivity contribution in [2.45, 2.75) is 76.9 Å². The van der Waals surface area contributed by atoms with Gasteiger partial charge in [-0.3, -0.25) is 9.69 Å². The van der Waals surface area contributed by atoms with Crippen LogP contribution >= 0.6 is 0 Å².